The number of likely N-dealkylation sites (N-methyl/N-ethyl adjacent to an activating group) is 1. The highest BCUT2D eigenvalue weighted by Crippen LogP contribution is 2.30. The Morgan fingerprint density at radius 1 is 1.11 bits per heavy atom. The van der Waals surface area contributed by atoms with Gasteiger partial charge in [-0.1, -0.05) is 47.0 Å². The van der Waals surface area contributed by atoms with Crippen LogP contribution in [0.5, 0.6) is 0 Å². The van der Waals surface area contributed by atoms with Crippen molar-refractivity contribution in [2.75, 3.05) is 20.2 Å². The van der Waals surface area contributed by atoms with Crippen molar-refractivity contribution in [2.24, 2.45) is 17.3 Å². The number of hydrogen-bond acceptors (Lipinski definition) is 5. The van der Waals surface area contributed by atoms with Crippen molar-refractivity contribution in [3.63, 3.8) is 0 Å². The van der Waals surface area contributed by atoms with Gasteiger partial charge in [0.2, 0.25) is 23.6 Å². The van der Waals surface area contributed by atoms with E-state index in [1.54, 1.807) is 7.05 Å². The summed E-state index contributed by atoms with van der Waals surface area (Å²) < 4.78 is 0. The molecule has 0 spiro atoms. The minimum atomic E-state index is -0.725. The van der Waals surface area contributed by atoms with Crippen LogP contribution in [-0.2, 0) is 19.2 Å². The van der Waals surface area contributed by atoms with E-state index in [9.17, 15) is 24.3 Å². The predicted octanol–water partition coefficient (Wildman–Crippen LogP) is 1.73. The molecule has 0 unspecified atom stereocenters. The van der Waals surface area contributed by atoms with Crippen LogP contribution < -0.4 is 16.0 Å². The lowest BCUT2D eigenvalue weighted by atomic mass is 9.91. The zero-order chi connectivity index (χ0) is 26.2. The molecule has 0 radical (unpaired) electrons. The molecule has 35 heavy (non-hydrogen) atoms. The smallest absolute Gasteiger partial charge is 0.245 e. The number of nitrogens with zero attached hydrogens (tertiary/aromatic N) is 1. The monoisotopic (exact) mass is 494 g/mol. The summed E-state index contributed by atoms with van der Waals surface area (Å²) in [6, 6.07) is -1.96. The van der Waals surface area contributed by atoms with Gasteiger partial charge in [0.25, 0.3) is 0 Å². The van der Waals surface area contributed by atoms with Crippen molar-refractivity contribution in [1.82, 2.24) is 20.9 Å². The Balaban J connectivity index is 2.13. The van der Waals surface area contributed by atoms with Crippen molar-refractivity contribution >= 4 is 23.6 Å². The molecule has 2 rings (SSSR count). The van der Waals surface area contributed by atoms with Gasteiger partial charge in [0.15, 0.2) is 0 Å². The van der Waals surface area contributed by atoms with Crippen LogP contribution in [0.4, 0.5) is 0 Å². The fourth-order valence-corrected chi connectivity index (χ4v) is 5.06. The number of aliphatic hydroxyl groups is 1. The highest BCUT2D eigenvalue weighted by atomic mass is 16.3. The Morgan fingerprint density at radius 2 is 1.77 bits per heavy atom. The molecule has 1 heterocycles. The number of hydrogen-bond donors (Lipinski definition) is 4. The molecule has 0 bridgehead atoms. The highest BCUT2D eigenvalue weighted by Gasteiger charge is 2.39. The van der Waals surface area contributed by atoms with Crippen molar-refractivity contribution in [3.05, 3.63) is 0 Å². The van der Waals surface area contributed by atoms with Gasteiger partial charge in [-0.05, 0) is 44.4 Å². The third kappa shape index (κ3) is 8.19. The first-order valence-corrected chi connectivity index (χ1v) is 13.3. The number of carbonyl (C=O) groups excluding carboxylic acids is 4. The van der Waals surface area contributed by atoms with Crippen LogP contribution in [0.2, 0.25) is 0 Å². The molecule has 200 valence electrons. The average molecular weight is 495 g/mol. The van der Waals surface area contributed by atoms with E-state index in [1.807, 2.05) is 27.7 Å². The topological polar surface area (TPSA) is 128 Å². The van der Waals surface area contributed by atoms with Crippen LogP contribution in [-0.4, -0.2) is 72.0 Å². The number of carbonyl (C=O) groups is 4. The maximum Gasteiger partial charge on any atom is 0.245 e. The molecule has 1 saturated heterocycles. The second kappa shape index (κ2) is 13.2. The summed E-state index contributed by atoms with van der Waals surface area (Å²) in [6.07, 6.45) is 6.90. The molecule has 1 aliphatic heterocycles. The normalized spacial score (nSPS) is 21.5. The second-order valence-corrected chi connectivity index (χ2v) is 11.3. The lowest BCUT2D eigenvalue weighted by Crippen LogP contribution is -2.58. The maximum atomic E-state index is 13.7. The van der Waals surface area contributed by atoms with E-state index in [0.717, 1.165) is 38.5 Å². The molecule has 0 aromatic heterocycles. The van der Waals surface area contributed by atoms with Gasteiger partial charge >= 0.3 is 0 Å². The van der Waals surface area contributed by atoms with Crippen molar-refractivity contribution < 1.29 is 24.3 Å². The van der Waals surface area contributed by atoms with Crippen LogP contribution in [0.15, 0.2) is 0 Å². The van der Waals surface area contributed by atoms with E-state index < -0.39 is 23.5 Å². The Kier molecular flexibility index (Phi) is 11.0. The largest absolute Gasteiger partial charge is 0.394 e. The minimum absolute atomic E-state index is 0.0460. The Bertz CT molecular complexity index is 745. The van der Waals surface area contributed by atoms with Crippen LogP contribution in [0, 0.1) is 17.3 Å². The van der Waals surface area contributed by atoms with Gasteiger partial charge in [-0.2, -0.15) is 0 Å². The number of rotatable bonds is 11. The summed E-state index contributed by atoms with van der Waals surface area (Å²) in [5, 5.41) is 18.6. The van der Waals surface area contributed by atoms with Gasteiger partial charge in [-0.25, -0.2) is 0 Å². The van der Waals surface area contributed by atoms with Crippen molar-refractivity contribution in [1.29, 1.82) is 0 Å². The summed E-state index contributed by atoms with van der Waals surface area (Å²) in [7, 11) is 1.62. The quantitative estimate of drug-likeness (QED) is 0.348. The van der Waals surface area contributed by atoms with Crippen LogP contribution in [0.1, 0.15) is 85.5 Å². The number of aliphatic hydroxyl groups excluding tert-OH is 1. The SMILES string of the molecule is CCC[C@@H](C(=O)N[C@H](CO)C[C@@H]1CCCNC1=O)N(C)C(=O)[C@H](NC(=O)C(C)(C)C)C1CCCC1. The van der Waals surface area contributed by atoms with Crippen molar-refractivity contribution in [2.45, 2.75) is 104 Å². The maximum absolute atomic E-state index is 13.7. The molecule has 4 amide bonds. The number of nitrogens with one attached hydrogen (secondary N) is 3. The van der Waals surface area contributed by atoms with Crippen LogP contribution >= 0.6 is 0 Å². The molecule has 9 nitrogen and oxygen atoms in total. The molecule has 0 aromatic carbocycles. The standard InChI is InChI=1S/C26H46N4O5/c1-6-10-20(23(33)28-19(16-31)15-18-13-9-14-27-22(18)32)30(5)24(34)21(17-11-7-8-12-17)29-25(35)26(2,3)4/h17-21,31H,6-16H2,1-5H3,(H,27,32)(H,28,33)(H,29,35)/t18-,19-,20-,21+/m0/s1. The van der Waals surface area contributed by atoms with Gasteiger partial charge in [0, 0.05) is 24.9 Å². The zero-order valence-corrected chi connectivity index (χ0v) is 22.2. The van der Waals surface area contributed by atoms with E-state index in [-0.39, 0.29) is 42.1 Å². The average Bonchev–Trinajstić information content (AvgIpc) is 3.34. The summed E-state index contributed by atoms with van der Waals surface area (Å²) in [5.41, 5.74) is -0.629. The molecule has 4 atom stereocenters. The van der Waals surface area contributed by atoms with E-state index in [4.69, 9.17) is 0 Å². The number of piperidine rings is 1. The first-order valence-electron chi connectivity index (χ1n) is 13.3. The molecule has 1 aliphatic carbocycles. The van der Waals surface area contributed by atoms with E-state index in [1.165, 1.54) is 4.90 Å². The van der Waals surface area contributed by atoms with Gasteiger partial charge in [-0.3, -0.25) is 19.2 Å². The first kappa shape index (κ1) is 29.1. The fraction of sp³-hybridized carbons (Fsp3) is 0.846. The van der Waals surface area contributed by atoms with Crippen molar-refractivity contribution in [3.8, 4) is 0 Å². The molecule has 0 aromatic rings. The summed E-state index contributed by atoms with van der Waals surface area (Å²) in [5.74, 6) is -1.02. The van der Waals surface area contributed by atoms with Gasteiger partial charge < -0.3 is 26.0 Å². The summed E-state index contributed by atoms with van der Waals surface area (Å²) in [6.45, 7) is 7.78. The molecule has 9 heteroatoms. The molecular weight excluding hydrogens is 448 g/mol. The lowest BCUT2D eigenvalue weighted by molar-refractivity contribution is -0.144. The fourth-order valence-electron chi connectivity index (χ4n) is 5.06. The zero-order valence-electron chi connectivity index (χ0n) is 22.2. The van der Waals surface area contributed by atoms with Crippen LogP contribution in [0.25, 0.3) is 0 Å². The predicted molar refractivity (Wildman–Crippen MR) is 134 cm³/mol. The molecule has 2 fully saturated rings. The van der Waals surface area contributed by atoms with Gasteiger partial charge in [-0.15, -0.1) is 0 Å². The number of amides is 4. The molecular formula is C26H46N4O5. The third-order valence-corrected chi connectivity index (χ3v) is 7.32. The second-order valence-electron chi connectivity index (χ2n) is 11.3. The minimum Gasteiger partial charge on any atom is -0.394 e. The summed E-state index contributed by atoms with van der Waals surface area (Å²) in [4.78, 5) is 53.3. The Hall–Kier alpha value is -2.16. The summed E-state index contributed by atoms with van der Waals surface area (Å²) >= 11 is 0. The van der Waals surface area contributed by atoms with E-state index >= 15 is 0 Å². The van der Waals surface area contributed by atoms with E-state index in [2.05, 4.69) is 16.0 Å². The van der Waals surface area contributed by atoms with Crippen LogP contribution in [0.3, 0.4) is 0 Å². The lowest BCUT2D eigenvalue weighted by Gasteiger charge is -2.35. The van der Waals surface area contributed by atoms with E-state index in [0.29, 0.717) is 25.8 Å². The molecule has 1 saturated carbocycles. The first-order chi connectivity index (χ1) is 16.5. The third-order valence-electron chi connectivity index (χ3n) is 7.32. The van der Waals surface area contributed by atoms with Gasteiger partial charge in [0.1, 0.15) is 12.1 Å². The Morgan fingerprint density at radius 3 is 2.31 bits per heavy atom. The highest BCUT2D eigenvalue weighted by molar-refractivity contribution is 5.93. The van der Waals surface area contributed by atoms with Gasteiger partial charge in [0.05, 0.1) is 12.6 Å². The molecule has 2 aliphatic rings. The molecule has 4 N–H and O–H groups in total. The Labute approximate surface area is 210 Å².